The molecule has 6 nitrogen and oxygen atoms in total. The van der Waals surface area contributed by atoms with Crippen molar-refractivity contribution in [2.24, 2.45) is 0 Å². The molecule has 7 heteroatoms. The summed E-state index contributed by atoms with van der Waals surface area (Å²) in [6.45, 7) is 10.2. The minimum atomic E-state index is -3.90. The third-order valence-electron chi connectivity index (χ3n) is 6.31. The number of aryl methyl sites for hydroxylation is 2. The van der Waals surface area contributed by atoms with Crippen molar-refractivity contribution in [2.75, 3.05) is 0 Å². The molecule has 1 N–H and O–H groups in total. The van der Waals surface area contributed by atoms with Crippen molar-refractivity contribution in [2.45, 2.75) is 58.0 Å². The van der Waals surface area contributed by atoms with Gasteiger partial charge < -0.3 is 4.98 Å². The number of sulfonamides is 1. The predicted octanol–water partition coefficient (Wildman–Crippen LogP) is 5.23. The molecule has 2 aromatic heterocycles. The first-order valence-corrected chi connectivity index (χ1v) is 13.0. The Morgan fingerprint density at radius 3 is 2.26 bits per heavy atom. The van der Waals surface area contributed by atoms with Crippen molar-refractivity contribution >= 4 is 20.9 Å². The number of pyridine rings is 2. The average Bonchev–Trinajstić information content (AvgIpc) is 2.82. The highest BCUT2D eigenvalue weighted by Crippen LogP contribution is 2.27. The molecule has 0 saturated heterocycles. The smallest absolute Gasteiger partial charge is 0.252 e. The topological polar surface area (TPSA) is 83.1 Å². The lowest BCUT2D eigenvalue weighted by Gasteiger charge is -2.24. The van der Waals surface area contributed by atoms with Gasteiger partial charge in [0.1, 0.15) is 0 Å². The van der Waals surface area contributed by atoms with E-state index in [4.69, 9.17) is 0 Å². The van der Waals surface area contributed by atoms with Crippen LogP contribution in [-0.2, 0) is 28.5 Å². The number of nitrogens with zero attached hydrogens (tertiary/aromatic N) is 2. The quantitative estimate of drug-likeness (QED) is 0.402. The van der Waals surface area contributed by atoms with E-state index < -0.39 is 10.0 Å². The zero-order chi connectivity index (χ0) is 25.4. The first kappa shape index (κ1) is 24.8. The van der Waals surface area contributed by atoms with Gasteiger partial charge in [0.2, 0.25) is 10.0 Å². The standard InChI is InChI=1S/C28H31N3O3S/c1-19-8-9-20(2)26-25(19)15-22(27(32)30-26)18-31(17-21-7-6-14-29-16-21)35(33,34)24-12-10-23(11-13-24)28(3,4)5/h6-16H,17-18H2,1-5H3,(H,30,32). The van der Waals surface area contributed by atoms with Crippen LogP contribution < -0.4 is 5.56 Å². The monoisotopic (exact) mass is 489 g/mol. The summed E-state index contributed by atoms with van der Waals surface area (Å²) in [5, 5.41) is 0.910. The number of fused-ring (bicyclic) bond motifs is 1. The SMILES string of the molecule is Cc1ccc(C)c2[nH]c(=O)c(CN(Cc3cccnc3)S(=O)(=O)c3ccc(C(C)(C)C)cc3)cc12. The van der Waals surface area contributed by atoms with E-state index in [9.17, 15) is 13.2 Å². The Kier molecular flexibility index (Phi) is 6.66. The van der Waals surface area contributed by atoms with Crippen molar-refractivity contribution in [3.8, 4) is 0 Å². The van der Waals surface area contributed by atoms with Crippen molar-refractivity contribution < 1.29 is 8.42 Å². The Balaban J connectivity index is 1.78. The third-order valence-corrected chi connectivity index (χ3v) is 8.11. The van der Waals surface area contributed by atoms with Gasteiger partial charge in [-0.25, -0.2) is 8.42 Å². The van der Waals surface area contributed by atoms with Gasteiger partial charge in [-0.3, -0.25) is 9.78 Å². The van der Waals surface area contributed by atoms with E-state index >= 15 is 0 Å². The number of hydrogen-bond acceptors (Lipinski definition) is 4. The average molecular weight is 490 g/mol. The number of hydrogen-bond donors (Lipinski definition) is 1. The van der Waals surface area contributed by atoms with Crippen LogP contribution >= 0.6 is 0 Å². The summed E-state index contributed by atoms with van der Waals surface area (Å²) >= 11 is 0. The van der Waals surface area contributed by atoms with Crippen LogP contribution in [0, 0.1) is 13.8 Å². The number of rotatable bonds is 6. The van der Waals surface area contributed by atoms with Crippen LogP contribution in [0.1, 0.15) is 48.6 Å². The maximum absolute atomic E-state index is 13.8. The highest BCUT2D eigenvalue weighted by Gasteiger charge is 2.27. The summed E-state index contributed by atoms with van der Waals surface area (Å²) in [6, 6.07) is 16.4. The Hall–Kier alpha value is -3.29. The van der Waals surface area contributed by atoms with Gasteiger partial charge in [-0.1, -0.05) is 51.1 Å². The number of aromatic amines is 1. The molecule has 35 heavy (non-hydrogen) atoms. The molecule has 182 valence electrons. The summed E-state index contributed by atoms with van der Waals surface area (Å²) in [6.07, 6.45) is 3.29. The van der Waals surface area contributed by atoms with Crippen molar-refractivity contribution in [1.82, 2.24) is 14.3 Å². The summed E-state index contributed by atoms with van der Waals surface area (Å²) in [7, 11) is -3.90. The van der Waals surface area contributed by atoms with Gasteiger partial charge in [-0.15, -0.1) is 0 Å². The van der Waals surface area contributed by atoms with E-state index in [0.717, 1.165) is 33.2 Å². The maximum Gasteiger partial charge on any atom is 0.252 e. The van der Waals surface area contributed by atoms with E-state index in [-0.39, 0.29) is 29.0 Å². The highest BCUT2D eigenvalue weighted by atomic mass is 32.2. The van der Waals surface area contributed by atoms with E-state index in [2.05, 4.69) is 30.7 Å². The molecule has 4 rings (SSSR count). The molecule has 0 spiro atoms. The van der Waals surface area contributed by atoms with Gasteiger partial charge in [0, 0.05) is 36.4 Å². The molecule has 0 bridgehead atoms. The molecular formula is C28H31N3O3S. The van der Waals surface area contributed by atoms with Crippen molar-refractivity contribution in [3.05, 3.63) is 105 Å². The van der Waals surface area contributed by atoms with Crippen LogP contribution in [0.15, 0.2) is 76.7 Å². The molecule has 4 aromatic rings. The Morgan fingerprint density at radius 2 is 1.63 bits per heavy atom. The number of benzene rings is 2. The van der Waals surface area contributed by atoms with Crippen LogP contribution in [0.4, 0.5) is 0 Å². The van der Waals surface area contributed by atoms with Gasteiger partial charge in [0.15, 0.2) is 0 Å². The summed E-state index contributed by atoms with van der Waals surface area (Å²) < 4.78 is 28.9. The fraction of sp³-hybridized carbons (Fsp3) is 0.286. The Bertz CT molecular complexity index is 1520. The van der Waals surface area contributed by atoms with Gasteiger partial charge in [0.25, 0.3) is 5.56 Å². The van der Waals surface area contributed by atoms with Crippen molar-refractivity contribution in [1.29, 1.82) is 0 Å². The lowest BCUT2D eigenvalue weighted by molar-refractivity contribution is 0.399. The molecule has 0 aliphatic heterocycles. The number of nitrogens with one attached hydrogen (secondary N) is 1. The largest absolute Gasteiger partial charge is 0.321 e. The molecule has 0 saturated carbocycles. The van der Waals surface area contributed by atoms with Gasteiger partial charge in [-0.2, -0.15) is 4.31 Å². The Morgan fingerprint density at radius 1 is 0.943 bits per heavy atom. The van der Waals surface area contributed by atoms with Gasteiger partial charge in [0.05, 0.1) is 10.4 Å². The first-order valence-electron chi connectivity index (χ1n) is 11.6. The van der Waals surface area contributed by atoms with Crippen LogP contribution in [0.3, 0.4) is 0 Å². The minimum Gasteiger partial charge on any atom is -0.321 e. The lowest BCUT2D eigenvalue weighted by atomic mass is 9.87. The van der Waals surface area contributed by atoms with Gasteiger partial charge >= 0.3 is 0 Å². The fourth-order valence-corrected chi connectivity index (χ4v) is 5.53. The molecule has 0 fully saturated rings. The molecular weight excluding hydrogens is 458 g/mol. The molecule has 0 amide bonds. The summed E-state index contributed by atoms with van der Waals surface area (Å²) in [5.74, 6) is 0. The zero-order valence-corrected chi connectivity index (χ0v) is 21.6. The van der Waals surface area contributed by atoms with Crippen LogP contribution in [-0.4, -0.2) is 22.7 Å². The zero-order valence-electron chi connectivity index (χ0n) is 20.8. The molecule has 0 unspecified atom stereocenters. The molecule has 0 atom stereocenters. The maximum atomic E-state index is 13.8. The summed E-state index contributed by atoms with van der Waals surface area (Å²) in [4.78, 5) is 20.3. The van der Waals surface area contributed by atoms with Crippen LogP contribution in [0.5, 0.6) is 0 Å². The molecule has 2 aromatic carbocycles. The second-order valence-electron chi connectivity index (χ2n) is 10.0. The third kappa shape index (κ3) is 5.21. The lowest BCUT2D eigenvalue weighted by Crippen LogP contribution is -2.32. The second-order valence-corrected chi connectivity index (χ2v) is 12.0. The predicted molar refractivity (Wildman–Crippen MR) is 140 cm³/mol. The van der Waals surface area contributed by atoms with Crippen molar-refractivity contribution in [3.63, 3.8) is 0 Å². The summed E-state index contributed by atoms with van der Waals surface area (Å²) in [5.41, 5.74) is 4.56. The van der Waals surface area contributed by atoms with E-state index in [0.29, 0.717) is 5.56 Å². The molecule has 0 radical (unpaired) electrons. The first-order chi connectivity index (χ1) is 16.5. The minimum absolute atomic E-state index is 0.0586. The number of aromatic nitrogens is 2. The molecule has 0 aliphatic carbocycles. The van der Waals surface area contributed by atoms with Crippen LogP contribution in [0.25, 0.3) is 10.9 Å². The highest BCUT2D eigenvalue weighted by molar-refractivity contribution is 7.89. The number of H-pyrrole nitrogens is 1. The van der Waals surface area contributed by atoms with E-state index in [1.165, 1.54) is 4.31 Å². The Labute approximate surface area is 206 Å². The molecule has 0 aliphatic rings. The van der Waals surface area contributed by atoms with E-state index in [1.54, 1.807) is 30.6 Å². The van der Waals surface area contributed by atoms with Gasteiger partial charge in [-0.05, 0) is 65.8 Å². The second kappa shape index (κ2) is 9.40. The normalized spacial score (nSPS) is 12.4. The fourth-order valence-electron chi connectivity index (χ4n) is 4.12. The van der Waals surface area contributed by atoms with E-state index in [1.807, 2.05) is 50.2 Å². The van der Waals surface area contributed by atoms with Crippen LogP contribution in [0.2, 0.25) is 0 Å². The molecule has 2 heterocycles.